The highest BCUT2D eigenvalue weighted by atomic mass is 32.1. The van der Waals surface area contributed by atoms with E-state index in [0.29, 0.717) is 0 Å². The molecule has 116 valence electrons. The Kier molecular flexibility index (Phi) is 4.07. The molecular formula is C17H20N2O2S. The summed E-state index contributed by atoms with van der Waals surface area (Å²) >= 11 is 1.73. The minimum atomic E-state index is -0.436. The molecular weight excluding hydrogens is 296 g/mol. The van der Waals surface area contributed by atoms with Gasteiger partial charge in [0, 0.05) is 7.05 Å². The second kappa shape index (κ2) is 6.01. The zero-order valence-corrected chi connectivity index (χ0v) is 13.8. The molecule has 1 aliphatic rings. The largest absolute Gasteiger partial charge is 0.479 e. The van der Waals surface area contributed by atoms with Crippen LogP contribution in [0.25, 0.3) is 0 Å². The lowest BCUT2D eigenvalue weighted by Crippen LogP contribution is -2.34. The van der Waals surface area contributed by atoms with Gasteiger partial charge >= 0.3 is 0 Å². The van der Waals surface area contributed by atoms with Gasteiger partial charge in [-0.05, 0) is 48.6 Å². The lowest BCUT2D eigenvalue weighted by Gasteiger charge is -2.30. The van der Waals surface area contributed by atoms with Gasteiger partial charge in [0.05, 0.1) is 16.7 Å². The molecule has 0 aliphatic carbocycles. The summed E-state index contributed by atoms with van der Waals surface area (Å²) in [6.07, 6.45) is 0.549. The van der Waals surface area contributed by atoms with Crippen molar-refractivity contribution in [1.29, 1.82) is 0 Å². The summed E-state index contributed by atoms with van der Waals surface area (Å²) < 4.78 is 5.62. The maximum absolute atomic E-state index is 11.8. The van der Waals surface area contributed by atoms with Crippen molar-refractivity contribution in [2.45, 2.75) is 32.4 Å². The number of nitrogens with zero attached hydrogens (tertiary/aromatic N) is 1. The quantitative estimate of drug-likeness (QED) is 0.925. The second-order valence-electron chi connectivity index (χ2n) is 5.49. The number of nitrogens with one attached hydrogen (secondary N) is 1. The van der Waals surface area contributed by atoms with Gasteiger partial charge in [-0.2, -0.15) is 0 Å². The summed E-state index contributed by atoms with van der Waals surface area (Å²) in [7, 11) is 2.11. The lowest BCUT2D eigenvalue weighted by atomic mass is 10.0. The van der Waals surface area contributed by atoms with E-state index in [0.717, 1.165) is 17.9 Å². The minimum Gasteiger partial charge on any atom is -0.479 e. The van der Waals surface area contributed by atoms with Crippen molar-refractivity contribution < 1.29 is 9.53 Å². The molecule has 0 spiro atoms. The Morgan fingerprint density at radius 1 is 1.41 bits per heavy atom. The Balaban J connectivity index is 1.90. The number of carbonyl (C=O) groups is 1. The van der Waals surface area contributed by atoms with E-state index in [4.69, 9.17) is 4.74 Å². The Bertz CT molecular complexity index is 669. The predicted octanol–water partition coefficient (Wildman–Crippen LogP) is 4.06. The van der Waals surface area contributed by atoms with Crippen LogP contribution in [0.15, 0.2) is 35.7 Å². The van der Waals surface area contributed by atoms with Crippen LogP contribution in [0.1, 0.15) is 31.9 Å². The van der Waals surface area contributed by atoms with Gasteiger partial charge in [0.1, 0.15) is 5.75 Å². The normalized spacial score (nSPS) is 18.1. The molecule has 1 aromatic heterocycles. The first kappa shape index (κ1) is 14.9. The van der Waals surface area contributed by atoms with Crippen molar-refractivity contribution in [3.63, 3.8) is 0 Å². The molecule has 2 unspecified atom stereocenters. The second-order valence-corrected chi connectivity index (χ2v) is 6.42. The first-order valence-electron chi connectivity index (χ1n) is 7.48. The van der Waals surface area contributed by atoms with E-state index in [1.807, 2.05) is 12.1 Å². The highest BCUT2D eigenvalue weighted by Crippen LogP contribution is 2.36. The van der Waals surface area contributed by atoms with Gasteiger partial charge in [0.25, 0.3) is 5.91 Å². The van der Waals surface area contributed by atoms with Gasteiger partial charge < -0.3 is 15.0 Å². The van der Waals surface area contributed by atoms with E-state index >= 15 is 0 Å². The number of benzene rings is 1. The zero-order valence-electron chi connectivity index (χ0n) is 13.0. The first-order chi connectivity index (χ1) is 10.6. The number of hydrogen-bond donors (Lipinski definition) is 1. The smallest absolute Gasteiger partial charge is 0.265 e. The molecule has 4 nitrogen and oxygen atoms in total. The SMILES string of the molecule is CCC(c1ccc2c(c1)NC(=O)C(C)O2)N(C)c1cccs1. The molecule has 0 saturated carbocycles. The molecule has 0 fully saturated rings. The van der Waals surface area contributed by atoms with Gasteiger partial charge in [-0.25, -0.2) is 0 Å². The summed E-state index contributed by atoms with van der Waals surface area (Å²) in [5.74, 6) is 0.647. The average molecular weight is 316 g/mol. The molecule has 1 aliphatic heterocycles. The van der Waals surface area contributed by atoms with Gasteiger partial charge in [0.2, 0.25) is 0 Å². The molecule has 1 N–H and O–H groups in total. The fourth-order valence-corrected chi connectivity index (χ4v) is 3.54. The van der Waals surface area contributed by atoms with Crippen LogP contribution in [0, 0.1) is 0 Å². The molecule has 2 aromatic rings. The fourth-order valence-electron chi connectivity index (χ4n) is 2.79. The van der Waals surface area contributed by atoms with E-state index in [2.05, 4.69) is 47.8 Å². The Morgan fingerprint density at radius 3 is 2.91 bits per heavy atom. The summed E-state index contributed by atoms with van der Waals surface area (Å²) in [5, 5.41) is 6.24. The first-order valence-corrected chi connectivity index (χ1v) is 8.36. The van der Waals surface area contributed by atoms with E-state index in [1.165, 1.54) is 10.6 Å². The van der Waals surface area contributed by atoms with Crippen molar-refractivity contribution in [1.82, 2.24) is 0 Å². The molecule has 0 radical (unpaired) electrons. The number of fused-ring (bicyclic) bond motifs is 1. The molecule has 0 saturated heterocycles. The Labute approximate surface area is 134 Å². The maximum atomic E-state index is 11.8. The standard InChI is InChI=1S/C17H20N2O2S/c1-4-14(19(3)16-6-5-9-22-16)12-7-8-15-13(10-12)18-17(20)11(2)21-15/h5-11,14H,4H2,1-3H3,(H,18,20). The third-order valence-electron chi connectivity index (χ3n) is 4.03. The fraction of sp³-hybridized carbons (Fsp3) is 0.353. The highest BCUT2D eigenvalue weighted by Gasteiger charge is 2.25. The average Bonchev–Trinajstić information content (AvgIpc) is 3.03. The number of rotatable bonds is 4. The molecule has 0 bridgehead atoms. The summed E-state index contributed by atoms with van der Waals surface area (Å²) in [5.41, 5.74) is 1.94. The number of amides is 1. The molecule has 2 atom stereocenters. The summed E-state index contributed by atoms with van der Waals surface area (Å²) in [6, 6.07) is 10.5. The monoisotopic (exact) mass is 316 g/mol. The van der Waals surface area contributed by atoms with Crippen molar-refractivity contribution in [3.8, 4) is 5.75 Å². The molecule has 3 rings (SSSR count). The molecule has 2 heterocycles. The van der Waals surface area contributed by atoms with Crippen LogP contribution in [0.4, 0.5) is 10.7 Å². The van der Waals surface area contributed by atoms with Crippen molar-refractivity contribution in [3.05, 3.63) is 41.3 Å². The van der Waals surface area contributed by atoms with Gasteiger partial charge in [0.15, 0.2) is 6.10 Å². The Hall–Kier alpha value is -2.01. The topological polar surface area (TPSA) is 41.6 Å². The summed E-state index contributed by atoms with van der Waals surface area (Å²) in [6.45, 7) is 3.93. The zero-order chi connectivity index (χ0) is 15.7. The van der Waals surface area contributed by atoms with Gasteiger partial charge in [-0.1, -0.05) is 13.0 Å². The van der Waals surface area contributed by atoms with Crippen LogP contribution in [-0.4, -0.2) is 19.1 Å². The molecule has 1 amide bonds. The van der Waals surface area contributed by atoms with Crippen LogP contribution in [0.3, 0.4) is 0 Å². The van der Waals surface area contributed by atoms with Crippen molar-refractivity contribution in [2.24, 2.45) is 0 Å². The van der Waals surface area contributed by atoms with Crippen molar-refractivity contribution in [2.75, 3.05) is 17.3 Å². The van der Waals surface area contributed by atoms with E-state index in [-0.39, 0.29) is 11.9 Å². The molecule has 1 aromatic carbocycles. The predicted molar refractivity (Wildman–Crippen MR) is 90.9 cm³/mol. The van der Waals surface area contributed by atoms with Crippen molar-refractivity contribution >= 4 is 27.9 Å². The van der Waals surface area contributed by atoms with Crippen LogP contribution in [-0.2, 0) is 4.79 Å². The third-order valence-corrected chi connectivity index (χ3v) is 4.99. The third kappa shape index (κ3) is 2.68. The number of carbonyl (C=O) groups excluding carboxylic acids is 1. The highest BCUT2D eigenvalue weighted by molar-refractivity contribution is 7.14. The molecule has 5 heteroatoms. The van der Waals surface area contributed by atoms with Crippen LogP contribution in [0.2, 0.25) is 0 Å². The maximum Gasteiger partial charge on any atom is 0.265 e. The van der Waals surface area contributed by atoms with Crippen LogP contribution in [0.5, 0.6) is 5.75 Å². The van der Waals surface area contributed by atoms with Gasteiger partial charge in [-0.15, -0.1) is 11.3 Å². The van der Waals surface area contributed by atoms with E-state index < -0.39 is 6.10 Å². The lowest BCUT2D eigenvalue weighted by molar-refractivity contribution is -0.122. The minimum absolute atomic E-state index is 0.0932. The Morgan fingerprint density at radius 2 is 2.23 bits per heavy atom. The summed E-state index contributed by atoms with van der Waals surface area (Å²) in [4.78, 5) is 14.1. The number of ether oxygens (including phenoxy) is 1. The van der Waals surface area contributed by atoms with E-state index in [9.17, 15) is 4.79 Å². The van der Waals surface area contributed by atoms with Crippen LogP contribution >= 0.6 is 11.3 Å². The van der Waals surface area contributed by atoms with Gasteiger partial charge in [-0.3, -0.25) is 4.79 Å². The van der Waals surface area contributed by atoms with E-state index in [1.54, 1.807) is 18.3 Å². The number of thiophene rings is 1. The van der Waals surface area contributed by atoms with Crippen LogP contribution < -0.4 is 15.0 Å². The number of anilines is 2. The molecule has 22 heavy (non-hydrogen) atoms. The number of hydrogen-bond acceptors (Lipinski definition) is 4.